The molecule has 0 radical (unpaired) electrons. The van der Waals surface area contributed by atoms with Crippen LogP contribution < -0.4 is 0 Å². The van der Waals surface area contributed by atoms with Crippen LogP contribution in [0.25, 0.3) is 5.57 Å². The number of fused-ring (bicyclic) bond motifs is 5. The van der Waals surface area contributed by atoms with Gasteiger partial charge in [-0.3, -0.25) is 9.78 Å². The van der Waals surface area contributed by atoms with E-state index in [0.29, 0.717) is 30.0 Å². The Morgan fingerprint density at radius 1 is 1.14 bits per heavy atom. The molecule has 5 unspecified atom stereocenters. The van der Waals surface area contributed by atoms with Crippen molar-refractivity contribution in [3.8, 4) is 0 Å². The van der Waals surface area contributed by atoms with Crippen LogP contribution in [0.3, 0.4) is 0 Å². The Kier molecular flexibility index (Phi) is 3.85. The van der Waals surface area contributed by atoms with Gasteiger partial charge < -0.3 is 0 Å². The molecule has 0 aliphatic heterocycles. The van der Waals surface area contributed by atoms with E-state index in [2.05, 4.69) is 37.9 Å². The van der Waals surface area contributed by atoms with Gasteiger partial charge in [0.25, 0.3) is 0 Å². The Bertz CT molecular complexity index is 957. The van der Waals surface area contributed by atoms with E-state index in [-0.39, 0.29) is 16.6 Å². The standard InChI is InChI=1S/C25H28FNO/c1-15-10-19-21-5-4-20(16-11-17(26)14-27-13-16)24(21,2)9-7-22(19)25(3)8-6-18(28)12-23(15)25/h4-5,11-15,19,22H,6-10H2,1-3H3. The van der Waals surface area contributed by atoms with E-state index in [1.54, 1.807) is 12.3 Å². The van der Waals surface area contributed by atoms with E-state index in [9.17, 15) is 9.18 Å². The maximum absolute atomic E-state index is 13.8. The molecule has 0 bridgehead atoms. The number of allylic oxidation sites excluding steroid dienone is 6. The lowest BCUT2D eigenvalue weighted by molar-refractivity contribution is -0.116. The monoisotopic (exact) mass is 377 g/mol. The van der Waals surface area contributed by atoms with Crippen LogP contribution in [0.1, 0.15) is 58.4 Å². The molecule has 3 heteroatoms. The second-order valence-electron chi connectivity index (χ2n) is 9.80. The summed E-state index contributed by atoms with van der Waals surface area (Å²) < 4.78 is 13.8. The SMILES string of the molecule is CC1CC2C3=CC=C(c4cncc(F)c4)C3(C)CCC2C2(C)CCC(=O)C=C12. The largest absolute Gasteiger partial charge is 0.295 e. The van der Waals surface area contributed by atoms with Gasteiger partial charge in [0.05, 0.1) is 6.20 Å². The normalized spacial score (nSPS) is 39.4. The molecule has 2 saturated carbocycles. The first kappa shape index (κ1) is 18.0. The van der Waals surface area contributed by atoms with Gasteiger partial charge in [-0.05, 0) is 72.1 Å². The summed E-state index contributed by atoms with van der Waals surface area (Å²) >= 11 is 0. The van der Waals surface area contributed by atoms with Gasteiger partial charge in [-0.2, -0.15) is 0 Å². The Hall–Kier alpha value is -2.03. The van der Waals surface area contributed by atoms with Crippen LogP contribution in [0.4, 0.5) is 4.39 Å². The van der Waals surface area contributed by atoms with Crippen molar-refractivity contribution in [2.45, 2.75) is 52.9 Å². The molecule has 0 spiro atoms. The average molecular weight is 378 g/mol. The molecule has 0 aromatic carbocycles. The van der Waals surface area contributed by atoms with E-state index in [1.807, 2.05) is 6.08 Å². The van der Waals surface area contributed by atoms with Gasteiger partial charge in [0.1, 0.15) is 5.82 Å². The average Bonchev–Trinajstić information content (AvgIpc) is 3.01. The van der Waals surface area contributed by atoms with Crippen LogP contribution in [0.5, 0.6) is 0 Å². The highest BCUT2D eigenvalue weighted by molar-refractivity contribution is 5.91. The van der Waals surface area contributed by atoms with Gasteiger partial charge in [0, 0.05) is 18.0 Å². The number of rotatable bonds is 1. The molecule has 4 aliphatic rings. The van der Waals surface area contributed by atoms with Crippen molar-refractivity contribution in [1.29, 1.82) is 0 Å². The first-order valence-corrected chi connectivity index (χ1v) is 10.6. The molecule has 1 aromatic heterocycles. The molecule has 2 fully saturated rings. The Morgan fingerprint density at radius 2 is 1.96 bits per heavy atom. The summed E-state index contributed by atoms with van der Waals surface area (Å²) in [5, 5.41) is 0. The molecule has 0 saturated heterocycles. The molecule has 28 heavy (non-hydrogen) atoms. The van der Waals surface area contributed by atoms with Crippen molar-refractivity contribution in [3.63, 3.8) is 0 Å². The minimum Gasteiger partial charge on any atom is -0.295 e. The highest BCUT2D eigenvalue weighted by atomic mass is 19.1. The predicted octanol–water partition coefficient (Wildman–Crippen LogP) is 5.91. The van der Waals surface area contributed by atoms with Crippen LogP contribution in [-0.4, -0.2) is 10.8 Å². The molecule has 0 amide bonds. The number of carbonyl (C=O) groups excluding carboxylic acids is 1. The zero-order chi connectivity index (χ0) is 19.7. The van der Waals surface area contributed by atoms with Crippen molar-refractivity contribution < 1.29 is 9.18 Å². The summed E-state index contributed by atoms with van der Waals surface area (Å²) in [4.78, 5) is 16.2. The molecule has 0 N–H and O–H groups in total. The van der Waals surface area contributed by atoms with Crippen LogP contribution >= 0.6 is 0 Å². The summed E-state index contributed by atoms with van der Waals surface area (Å²) in [6.07, 6.45) is 14.6. The molecular formula is C25H28FNO. The van der Waals surface area contributed by atoms with E-state index in [0.717, 1.165) is 31.2 Å². The maximum Gasteiger partial charge on any atom is 0.155 e. The van der Waals surface area contributed by atoms with Crippen LogP contribution in [-0.2, 0) is 4.79 Å². The first-order chi connectivity index (χ1) is 13.3. The molecule has 4 aliphatic carbocycles. The summed E-state index contributed by atoms with van der Waals surface area (Å²) in [6.45, 7) is 7.04. The molecule has 146 valence electrons. The van der Waals surface area contributed by atoms with E-state index < -0.39 is 0 Å². The minimum absolute atomic E-state index is 0.0293. The second kappa shape index (κ2) is 5.98. The third kappa shape index (κ3) is 2.38. The third-order valence-corrected chi connectivity index (χ3v) is 8.34. The number of hydrogen-bond acceptors (Lipinski definition) is 2. The number of halogens is 1. The van der Waals surface area contributed by atoms with Crippen molar-refractivity contribution in [3.05, 3.63) is 59.2 Å². The summed E-state index contributed by atoms with van der Waals surface area (Å²) in [5.41, 5.74) is 5.15. The number of carbonyl (C=O) groups is 1. The first-order valence-electron chi connectivity index (χ1n) is 10.6. The van der Waals surface area contributed by atoms with Gasteiger partial charge in [-0.1, -0.05) is 44.1 Å². The van der Waals surface area contributed by atoms with Gasteiger partial charge >= 0.3 is 0 Å². The van der Waals surface area contributed by atoms with Crippen LogP contribution in [0.2, 0.25) is 0 Å². The third-order valence-electron chi connectivity index (χ3n) is 8.34. The number of ketones is 1. The Balaban J connectivity index is 1.52. The highest BCUT2D eigenvalue weighted by Crippen LogP contribution is 2.66. The predicted molar refractivity (Wildman–Crippen MR) is 109 cm³/mol. The zero-order valence-electron chi connectivity index (χ0n) is 17.0. The van der Waals surface area contributed by atoms with Gasteiger partial charge in [0.15, 0.2) is 5.78 Å². The number of pyridine rings is 1. The molecular weight excluding hydrogens is 349 g/mol. The van der Waals surface area contributed by atoms with Gasteiger partial charge in [0.2, 0.25) is 0 Å². The fourth-order valence-electron chi connectivity index (χ4n) is 6.95. The quantitative estimate of drug-likeness (QED) is 0.609. The fraction of sp³-hybridized carbons (Fsp3) is 0.520. The topological polar surface area (TPSA) is 30.0 Å². The number of aromatic nitrogens is 1. The van der Waals surface area contributed by atoms with Crippen LogP contribution in [0.15, 0.2) is 47.8 Å². The Labute approximate surface area is 166 Å². The smallest absolute Gasteiger partial charge is 0.155 e. The zero-order valence-corrected chi connectivity index (χ0v) is 17.0. The molecule has 5 atom stereocenters. The van der Waals surface area contributed by atoms with Gasteiger partial charge in [-0.25, -0.2) is 4.39 Å². The van der Waals surface area contributed by atoms with E-state index >= 15 is 0 Å². The number of nitrogens with zero attached hydrogens (tertiary/aromatic N) is 1. The number of hydrogen-bond donors (Lipinski definition) is 0. The lowest BCUT2D eigenvalue weighted by Gasteiger charge is -2.57. The lowest BCUT2D eigenvalue weighted by atomic mass is 9.46. The summed E-state index contributed by atoms with van der Waals surface area (Å²) in [7, 11) is 0. The van der Waals surface area contributed by atoms with E-state index in [4.69, 9.17) is 0 Å². The molecule has 1 aromatic rings. The van der Waals surface area contributed by atoms with E-state index in [1.165, 1.54) is 22.9 Å². The highest BCUT2D eigenvalue weighted by Gasteiger charge is 2.56. The Morgan fingerprint density at radius 3 is 2.75 bits per heavy atom. The fourth-order valence-corrected chi connectivity index (χ4v) is 6.95. The van der Waals surface area contributed by atoms with Crippen molar-refractivity contribution in [2.75, 3.05) is 0 Å². The molecule has 2 nitrogen and oxygen atoms in total. The second-order valence-corrected chi connectivity index (χ2v) is 9.80. The lowest BCUT2D eigenvalue weighted by Crippen LogP contribution is -2.49. The van der Waals surface area contributed by atoms with Crippen molar-refractivity contribution >= 4 is 11.4 Å². The molecule has 1 heterocycles. The minimum atomic E-state index is -0.274. The van der Waals surface area contributed by atoms with Gasteiger partial charge in [-0.15, -0.1) is 0 Å². The van der Waals surface area contributed by atoms with Crippen molar-refractivity contribution in [2.24, 2.45) is 28.6 Å². The van der Waals surface area contributed by atoms with Crippen molar-refractivity contribution in [1.82, 2.24) is 4.98 Å². The summed E-state index contributed by atoms with van der Waals surface area (Å²) in [6, 6.07) is 1.62. The van der Waals surface area contributed by atoms with Crippen LogP contribution in [0, 0.1) is 34.4 Å². The maximum atomic E-state index is 13.8. The summed E-state index contributed by atoms with van der Waals surface area (Å²) in [5.74, 6) is 1.62. The molecule has 5 rings (SSSR count).